The molecule has 0 fully saturated rings. The number of hydrogen-bond acceptors (Lipinski definition) is 6. The van der Waals surface area contributed by atoms with Gasteiger partial charge in [0.05, 0.1) is 18.2 Å². The van der Waals surface area contributed by atoms with E-state index < -0.39 is 5.97 Å². The minimum absolute atomic E-state index is 0.0469. The number of carbonyl (C=O) groups is 2. The molecule has 2 N–H and O–H groups in total. The van der Waals surface area contributed by atoms with E-state index in [4.69, 9.17) is 9.47 Å². The van der Waals surface area contributed by atoms with Crippen LogP contribution in [0.1, 0.15) is 56.2 Å². The minimum Gasteiger partial charge on any atom is -0.493 e. The average Bonchev–Trinajstić information content (AvgIpc) is 3.17. The first kappa shape index (κ1) is 20.6. The molecule has 0 spiro atoms. The molecule has 2 heterocycles. The number of thiophene rings is 1. The van der Waals surface area contributed by atoms with E-state index in [0.717, 1.165) is 35.4 Å². The van der Waals surface area contributed by atoms with Gasteiger partial charge in [-0.25, -0.2) is 4.79 Å². The Bertz CT molecular complexity index is 1190. The highest BCUT2D eigenvalue weighted by Gasteiger charge is 2.33. The number of rotatable bonds is 4. The van der Waals surface area contributed by atoms with E-state index in [0.29, 0.717) is 23.0 Å². The van der Waals surface area contributed by atoms with Gasteiger partial charge in [0.25, 0.3) is 5.91 Å². The Morgan fingerprint density at radius 3 is 2.69 bits per heavy atom. The molecular weight excluding hydrogens is 424 g/mol. The molecule has 1 aliphatic carbocycles. The summed E-state index contributed by atoms with van der Waals surface area (Å²) in [7, 11) is 1.53. The van der Waals surface area contributed by atoms with Gasteiger partial charge in [0.1, 0.15) is 11.2 Å². The summed E-state index contributed by atoms with van der Waals surface area (Å²) >= 11 is 1.69. The zero-order chi connectivity index (χ0) is 22.2. The molecule has 1 amide bonds. The SMILES string of the molecule is COc1cc([C@@H]2NC(=O)c3c(sc4c3CC[C@@H](C)C4)N2)ccc1OC(=O)c1ccccc1. The fraction of sp³-hybridized carbons (Fsp3) is 0.280. The Morgan fingerprint density at radius 1 is 1.09 bits per heavy atom. The third-order valence-corrected chi connectivity index (χ3v) is 7.21. The molecule has 0 saturated heterocycles. The lowest BCUT2D eigenvalue weighted by Gasteiger charge is -2.27. The zero-order valence-electron chi connectivity index (χ0n) is 17.9. The van der Waals surface area contributed by atoms with Crippen molar-refractivity contribution in [2.75, 3.05) is 12.4 Å². The number of benzene rings is 2. The van der Waals surface area contributed by atoms with Crippen molar-refractivity contribution in [1.29, 1.82) is 0 Å². The van der Waals surface area contributed by atoms with Crippen LogP contribution >= 0.6 is 11.3 Å². The van der Waals surface area contributed by atoms with Crippen molar-refractivity contribution in [2.45, 2.75) is 32.4 Å². The van der Waals surface area contributed by atoms with Crippen LogP contribution in [-0.4, -0.2) is 19.0 Å². The van der Waals surface area contributed by atoms with Crippen molar-refractivity contribution in [3.05, 3.63) is 75.7 Å². The maximum Gasteiger partial charge on any atom is 0.343 e. The van der Waals surface area contributed by atoms with Crippen LogP contribution in [0.2, 0.25) is 0 Å². The molecule has 0 unspecified atom stereocenters. The van der Waals surface area contributed by atoms with Crippen LogP contribution in [0.3, 0.4) is 0 Å². The van der Waals surface area contributed by atoms with Gasteiger partial charge in [0.2, 0.25) is 0 Å². The molecule has 32 heavy (non-hydrogen) atoms. The molecule has 6 nitrogen and oxygen atoms in total. The highest BCUT2D eigenvalue weighted by molar-refractivity contribution is 7.16. The van der Waals surface area contributed by atoms with E-state index in [9.17, 15) is 9.59 Å². The largest absolute Gasteiger partial charge is 0.493 e. The van der Waals surface area contributed by atoms with Gasteiger partial charge in [-0.1, -0.05) is 31.2 Å². The monoisotopic (exact) mass is 448 g/mol. The average molecular weight is 449 g/mol. The number of methoxy groups -OCH3 is 1. The number of nitrogens with one attached hydrogen (secondary N) is 2. The van der Waals surface area contributed by atoms with Gasteiger partial charge in [0, 0.05) is 4.88 Å². The van der Waals surface area contributed by atoms with Crippen LogP contribution in [0.25, 0.3) is 0 Å². The summed E-state index contributed by atoms with van der Waals surface area (Å²) in [6.45, 7) is 2.26. The molecule has 1 aliphatic heterocycles. The molecule has 2 aromatic carbocycles. The fourth-order valence-electron chi connectivity index (χ4n) is 4.31. The summed E-state index contributed by atoms with van der Waals surface area (Å²) < 4.78 is 11.0. The Hall–Kier alpha value is -3.32. The summed E-state index contributed by atoms with van der Waals surface area (Å²) in [5.74, 6) is 0.899. The zero-order valence-corrected chi connectivity index (χ0v) is 18.8. The minimum atomic E-state index is -0.455. The molecule has 2 aliphatic rings. The van der Waals surface area contributed by atoms with E-state index in [-0.39, 0.29) is 12.1 Å². The van der Waals surface area contributed by atoms with Crippen LogP contribution in [0, 0.1) is 5.92 Å². The van der Waals surface area contributed by atoms with Gasteiger partial charge in [-0.15, -0.1) is 11.3 Å². The van der Waals surface area contributed by atoms with Crippen LogP contribution in [0.5, 0.6) is 11.5 Å². The molecular formula is C25H24N2O4S. The first-order valence-corrected chi connectivity index (χ1v) is 11.5. The molecule has 0 bridgehead atoms. The van der Waals surface area contributed by atoms with E-state index in [1.807, 2.05) is 12.1 Å². The lowest BCUT2D eigenvalue weighted by atomic mass is 9.88. The molecule has 164 valence electrons. The first-order valence-electron chi connectivity index (χ1n) is 10.7. The molecule has 5 rings (SSSR count). The Labute approximate surface area is 190 Å². The van der Waals surface area contributed by atoms with Crippen LogP contribution < -0.4 is 20.1 Å². The third kappa shape index (κ3) is 3.73. The quantitative estimate of drug-likeness (QED) is 0.436. The number of amides is 1. The predicted molar refractivity (Wildman–Crippen MR) is 124 cm³/mol. The van der Waals surface area contributed by atoms with Crippen molar-refractivity contribution >= 4 is 28.2 Å². The molecule has 7 heteroatoms. The van der Waals surface area contributed by atoms with Crippen molar-refractivity contribution < 1.29 is 19.1 Å². The molecule has 0 saturated carbocycles. The number of fused-ring (bicyclic) bond motifs is 3. The normalized spacial score (nSPS) is 19.2. The summed E-state index contributed by atoms with van der Waals surface area (Å²) in [6.07, 6.45) is 2.72. The second-order valence-corrected chi connectivity index (χ2v) is 9.38. The number of anilines is 1. The topological polar surface area (TPSA) is 76.7 Å². The maximum absolute atomic E-state index is 13.0. The first-order chi connectivity index (χ1) is 15.5. The van der Waals surface area contributed by atoms with Crippen LogP contribution in [0.15, 0.2) is 48.5 Å². The van der Waals surface area contributed by atoms with Gasteiger partial charge in [-0.2, -0.15) is 0 Å². The summed E-state index contributed by atoms with van der Waals surface area (Å²) in [5, 5.41) is 7.47. The van der Waals surface area contributed by atoms with Gasteiger partial charge in [-0.05, 0) is 60.6 Å². The number of ether oxygens (including phenoxy) is 2. The van der Waals surface area contributed by atoms with Crippen LogP contribution in [-0.2, 0) is 12.8 Å². The van der Waals surface area contributed by atoms with Crippen LogP contribution in [0.4, 0.5) is 5.00 Å². The lowest BCUT2D eigenvalue weighted by Crippen LogP contribution is -2.38. The van der Waals surface area contributed by atoms with E-state index >= 15 is 0 Å². The summed E-state index contributed by atoms with van der Waals surface area (Å²) in [5.41, 5.74) is 3.28. The number of hydrogen-bond donors (Lipinski definition) is 2. The Balaban J connectivity index is 1.39. The standard InChI is InChI=1S/C25H24N2O4S/c1-14-8-10-17-20(12-14)32-24-21(17)23(28)26-22(27-24)16-9-11-18(19(13-16)30-2)31-25(29)15-6-4-3-5-7-15/h3-7,9,11,13-14,22,27H,8,10,12H2,1-2H3,(H,26,28)/t14-,22-/m1/s1. The van der Waals surface area contributed by atoms with Gasteiger partial charge >= 0.3 is 5.97 Å². The van der Waals surface area contributed by atoms with Gasteiger partial charge < -0.3 is 20.1 Å². The van der Waals surface area contributed by atoms with E-state index in [1.54, 1.807) is 47.7 Å². The van der Waals surface area contributed by atoms with E-state index in [2.05, 4.69) is 17.6 Å². The molecule has 3 aromatic rings. The molecule has 1 aromatic heterocycles. The number of esters is 1. The lowest BCUT2D eigenvalue weighted by molar-refractivity contribution is 0.0729. The predicted octanol–water partition coefficient (Wildman–Crippen LogP) is 4.95. The second kappa shape index (κ2) is 8.31. The number of carbonyl (C=O) groups excluding carboxylic acids is 2. The highest BCUT2D eigenvalue weighted by Crippen LogP contribution is 2.43. The third-order valence-electron chi connectivity index (χ3n) is 6.02. The van der Waals surface area contributed by atoms with Crippen molar-refractivity contribution in [1.82, 2.24) is 5.32 Å². The smallest absolute Gasteiger partial charge is 0.343 e. The fourth-order valence-corrected chi connectivity index (χ4v) is 5.75. The summed E-state index contributed by atoms with van der Waals surface area (Å²) in [4.78, 5) is 26.7. The van der Waals surface area contributed by atoms with Gasteiger partial charge in [0.15, 0.2) is 11.5 Å². The second-order valence-electron chi connectivity index (χ2n) is 8.27. The van der Waals surface area contributed by atoms with Crippen molar-refractivity contribution in [2.24, 2.45) is 5.92 Å². The summed E-state index contributed by atoms with van der Waals surface area (Å²) in [6, 6.07) is 14.1. The van der Waals surface area contributed by atoms with E-state index in [1.165, 1.54) is 17.6 Å². The van der Waals surface area contributed by atoms with Crippen molar-refractivity contribution in [3.8, 4) is 11.5 Å². The molecule has 0 radical (unpaired) electrons. The highest BCUT2D eigenvalue weighted by atomic mass is 32.1. The Morgan fingerprint density at radius 2 is 1.91 bits per heavy atom. The van der Waals surface area contributed by atoms with Crippen molar-refractivity contribution in [3.63, 3.8) is 0 Å². The Kier molecular flexibility index (Phi) is 5.35. The van der Waals surface area contributed by atoms with Gasteiger partial charge in [-0.3, -0.25) is 4.79 Å². The molecule has 2 atom stereocenters. The maximum atomic E-state index is 13.0.